The van der Waals surface area contributed by atoms with Crippen LogP contribution in [0.5, 0.6) is 5.75 Å². The van der Waals surface area contributed by atoms with E-state index in [-0.39, 0.29) is 11.3 Å². The van der Waals surface area contributed by atoms with Gasteiger partial charge in [-0.05, 0) is 12.1 Å². The molecule has 0 aliphatic heterocycles. The van der Waals surface area contributed by atoms with Crippen molar-refractivity contribution in [3.8, 4) is 11.4 Å². The highest BCUT2D eigenvalue weighted by Gasteiger charge is 2.30. The summed E-state index contributed by atoms with van der Waals surface area (Å²) < 4.78 is 2.55. The summed E-state index contributed by atoms with van der Waals surface area (Å²) in [5, 5.41) is 21.0. The molecule has 1 aromatic carbocycles. The van der Waals surface area contributed by atoms with Crippen molar-refractivity contribution in [2.24, 2.45) is 14.1 Å². The van der Waals surface area contributed by atoms with Gasteiger partial charge in [-0.2, -0.15) is 0 Å². The molecule has 0 amide bonds. The molecule has 0 spiro atoms. The zero-order valence-corrected chi connectivity index (χ0v) is 13.2. The lowest BCUT2D eigenvalue weighted by Crippen LogP contribution is -2.39. The van der Waals surface area contributed by atoms with Crippen LogP contribution in [0.3, 0.4) is 0 Å². The van der Waals surface area contributed by atoms with Crippen molar-refractivity contribution in [3.05, 3.63) is 71.6 Å². The predicted molar refractivity (Wildman–Crippen MR) is 88.3 cm³/mol. The summed E-state index contributed by atoms with van der Waals surface area (Å²) in [4.78, 5) is 47.5. The third-order valence-electron chi connectivity index (χ3n) is 3.91. The number of nitro groups is 1. The molecule has 2 aromatic heterocycles. The van der Waals surface area contributed by atoms with Crippen molar-refractivity contribution in [2.75, 3.05) is 0 Å². The molecule has 0 bridgehead atoms. The van der Waals surface area contributed by atoms with Gasteiger partial charge in [0.15, 0.2) is 0 Å². The lowest BCUT2D eigenvalue weighted by atomic mass is 10.2. The van der Waals surface area contributed by atoms with Gasteiger partial charge in [0.05, 0.1) is 10.6 Å². The van der Waals surface area contributed by atoms with Crippen LogP contribution in [0.4, 0.5) is 5.69 Å². The van der Waals surface area contributed by atoms with E-state index in [1.54, 1.807) is 18.2 Å². The fraction of sp³-hybridized carbons (Fsp3) is 0.133. The molecule has 3 aromatic rings. The van der Waals surface area contributed by atoms with Gasteiger partial charge in [0, 0.05) is 14.1 Å². The van der Waals surface area contributed by atoms with Crippen LogP contribution in [0.25, 0.3) is 16.7 Å². The second-order valence-electron chi connectivity index (χ2n) is 5.33. The van der Waals surface area contributed by atoms with Crippen LogP contribution in [0.1, 0.15) is 0 Å². The first-order chi connectivity index (χ1) is 11.8. The second-order valence-corrected chi connectivity index (χ2v) is 5.33. The maximum atomic E-state index is 12.6. The normalized spacial score (nSPS) is 11.0. The number of hydrogen-bond acceptors (Lipinski definition) is 6. The van der Waals surface area contributed by atoms with Gasteiger partial charge in [0.2, 0.25) is 5.75 Å². The molecule has 0 atom stereocenters. The summed E-state index contributed by atoms with van der Waals surface area (Å²) in [6, 6.07) is 7.83. The molecule has 25 heavy (non-hydrogen) atoms. The quantitative estimate of drug-likeness (QED) is 0.514. The minimum atomic E-state index is -1.15. The minimum Gasteiger partial charge on any atom is -0.501 e. The Balaban J connectivity index is 2.78. The van der Waals surface area contributed by atoms with E-state index in [2.05, 4.69) is 0 Å². The van der Waals surface area contributed by atoms with Gasteiger partial charge in [-0.1, -0.05) is 18.2 Å². The number of aryl methyl sites for hydroxylation is 1. The third-order valence-corrected chi connectivity index (χ3v) is 3.91. The molecule has 0 unspecified atom stereocenters. The van der Waals surface area contributed by atoms with E-state index >= 15 is 0 Å². The Hall–Kier alpha value is -3.69. The van der Waals surface area contributed by atoms with Crippen LogP contribution in [-0.4, -0.2) is 23.7 Å². The van der Waals surface area contributed by atoms with E-state index in [1.165, 1.54) is 26.2 Å². The number of benzene rings is 1. The van der Waals surface area contributed by atoms with E-state index in [1.807, 2.05) is 0 Å². The third kappa shape index (κ3) is 2.15. The van der Waals surface area contributed by atoms with E-state index in [9.17, 15) is 29.6 Å². The Morgan fingerprint density at radius 1 is 1.00 bits per heavy atom. The number of fused-ring (bicyclic) bond motifs is 1. The van der Waals surface area contributed by atoms with E-state index in [0.717, 1.165) is 9.13 Å². The molecule has 10 heteroatoms. The summed E-state index contributed by atoms with van der Waals surface area (Å²) in [6.45, 7) is 0. The van der Waals surface area contributed by atoms with Gasteiger partial charge in [-0.3, -0.25) is 33.4 Å². The number of pyridine rings is 1. The van der Waals surface area contributed by atoms with Gasteiger partial charge in [0.25, 0.3) is 5.56 Å². The molecular formula is C15H12N4O6. The van der Waals surface area contributed by atoms with Crippen LogP contribution in [0, 0.1) is 10.1 Å². The minimum absolute atomic E-state index is 0.212. The highest BCUT2D eigenvalue weighted by molar-refractivity contribution is 5.86. The average molecular weight is 344 g/mol. The SMILES string of the molecule is Cn1c(=O)c2c(O)c([N+](=O)[O-])c(=O)n(-c3ccccc3)c2n(C)c1=O. The molecule has 128 valence electrons. The Bertz CT molecular complexity index is 1200. The van der Waals surface area contributed by atoms with Crippen molar-refractivity contribution >= 4 is 16.7 Å². The van der Waals surface area contributed by atoms with E-state index in [0.29, 0.717) is 4.57 Å². The maximum absolute atomic E-state index is 12.6. The summed E-state index contributed by atoms with van der Waals surface area (Å²) in [5.41, 5.74) is -3.98. The first-order valence-electron chi connectivity index (χ1n) is 7.05. The van der Waals surface area contributed by atoms with Gasteiger partial charge in [0.1, 0.15) is 11.0 Å². The first kappa shape index (κ1) is 16.2. The number of nitrogens with zero attached hydrogens (tertiary/aromatic N) is 4. The van der Waals surface area contributed by atoms with Gasteiger partial charge in [-0.15, -0.1) is 0 Å². The first-order valence-corrected chi connectivity index (χ1v) is 7.05. The Labute approximate surface area is 138 Å². The van der Waals surface area contributed by atoms with Gasteiger partial charge in [-0.25, -0.2) is 4.79 Å². The number of aromatic hydroxyl groups is 1. The highest BCUT2D eigenvalue weighted by atomic mass is 16.6. The molecule has 0 radical (unpaired) electrons. The predicted octanol–water partition coefficient (Wildman–Crippen LogP) is 0.00190. The van der Waals surface area contributed by atoms with Gasteiger partial charge >= 0.3 is 16.9 Å². The summed E-state index contributed by atoms with van der Waals surface area (Å²) in [6.07, 6.45) is 0. The number of hydrogen-bond donors (Lipinski definition) is 1. The lowest BCUT2D eigenvalue weighted by Gasteiger charge is -2.15. The molecule has 3 rings (SSSR count). The summed E-state index contributed by atoms with van der Waals surface area (Å²) in [5.74, 6) is -1.06. The largest absolute Gasteiger partial charge is 0.501 e. The molecule has 0 fully saturated rings. The van der Waals surface area contributed by atoms with Crippen LogP contribution in [-0.2, 0) is 14.1 Å². The highest BCUT2D eigenvalue weighted by Crippen LogP contribution is 2.29. The average Bonchev–Trinajstić information content (AvgIpc) is 2.58. The summed E-state index contributed by atoms with van der Waals surface area (Å²) >= 11 is 0. The van der Waals surface area contributed by atoms with E-state index in [4.69, 9.17) is 0 Å². The molecule has 0 aliphatic carbocycles. The van der Waals surface area contributed by atoms with Crippen molar-refractivity contribution in [1.82, 2.24) is 13.7 Å². The molecule has 2 heterocycles. The molecule has 1 N–H and O–H groups in total. The van der Waals surface area contributed by atoms with Crippen LogP contribution in [0.2, 0.25) is 0 Å². The fourth-order valence-corrected chi connectivity index (χ4v) is 2.71. The fourth-order valence-electron chi connectivity index (χ4n) is 2.71. The van der Waals surface area contributed by atoms with Crippen LogP contribution < -0.4 is 16.8 Å². The molecule has 10 nitrogen and oxygen atoms in total. The van der Waals surface area contributed by atoms with Gasteiger partial charge < -0.3 is 5.11 Å². The smallest absolute Gasteiger partial charge is 0.376 e. The monoisotopic (exact) mass is 344 g/mol. The Morgan fingerprint density at radius 3 is 2.16 bits per heavy atom. The van der Waals surface area contributed by atoms with Crippen molar-refractivity contribution in [2.45, 2.75) is 0 Å². The number of rotatable bonds is 2. The topological polar surface area (TPSA) is 129 Å². The lowest BCUT2D eigenvalue weighted by molar-refractivity contribution is -0.387. The van der Waals surface area contributed by atoms with Crippen LogP contribution >= 0.6 is 0 Å². The van der Waals surface area contributed by atoms with Crippen molar-refractivity contribution in [1.29, 1.82) is 0 Å². The number of aromatic nitrogens is 3. The van der Waals surface area contributed by atoms with Crippen molar-refractivity contribution in [3.63, 3.8) is 0 Å². The number of para-hydroxylation sites is 1. The standard InChI is InChI=1S/C15H12N4O6/c1-16-12-9(13(21)17(2)15(16)23)11(20)10(19(24)25)14(22)18(12)8-6-4-3-5-7-8/h3-7,20H,1-2H3. The zero-order chi connectivity index (χ0) is 18.5. The molecular weight excluding hydrogens is 332 g/mol. The second kappa shape index (κ2) is 5.44. The molecule has 0 saturated carbocycles. The van der Waals surface area contributed by atoms with Crippen molar-refractivity contribution < 1.29 is 10.0 Å². The zero-order valence-electron chi connectivity index (χ0n) is 13.2. The van der Waals surface area contributed by atoms with E-state index < -0.39 is 38.6 Å². The Morgan fingerprint density at radius 2 is 1.60 bits per heavy atom. The van der Waals surface area contributed by atoms with Crippen LogP contribution in [0.15, 0.2) is 44.7 Å². The Kier molecular flexibility index (Phi) is 3.52. The molecule has 0 aliphatic rings. The maximum Gasteiger partial charge on any atom is 0.376 e. The molecule has 0 saturated heterocycles. The summed E-state index contributed by atoms with van der Waals surface area (Å²) in [7, 11) is 2.47.